The first-order chi connectivity index (χ1) is 9.82. The zero-order valence-corrected chi connectivity index (χ0v) is 18.0. The van der Waals surface area contributed by atoms with E-state index in [2.05, 4.69) is 0 Å². The third-order valence-electron chi connectivity index (χ3n) is 4.65. The smallest absolute Gasteiger partial charge is 0.747 e. The Kier molecular flexibility index (Phi) is 5.73. The molecule has 2 rings (SSSR count). The molecule has 122 valence electrons. The maximum Gasteiger partial charge on any atom is 1.00 e. The number of fused-ring (bicyclic) bond motifs is 1. The molecule has 0 bridgehead atoms. The van der Waals surface area contributed by atoms with E-state index in [1.54, 1.807) is 0 Å². The van der Waals surface area contributed by atoms with Crippen LogP contribution in [-0.4, -0.2) is 13.0 Å². The van der Waals surface area contributed by atoms with E-state index in [1.165, 1.54) is 0 Å². The monoisotopic (exact) mass is 344 g/mol. The second-order valence-electron chi connectivity index (χ2n) is 8.16. The van der Waals surface area contributed by atoms with Crippen molar-refractivity contribution in [1.82, 2.24) is 0 Å². The van der Waals surface area contributed by atoms with Crippen LogP contribution in [0.25, 0.3) is 6.08 Å². The molecule has 1 aromatic rings. The zero-order chi connectivity index (χ0) is 17.0. The summed E-state index contributed by atoms with van der Waals surface area (Å²) in [6, 6.07) is 5.77. The van der Waals surface area contributed by atoms with E-state index in [-0.39, 0.29) is 41.4 Å². The molecule has 0 saturated heterocycles. The molecule has 0 spiro atoms. The second-order valence-corrected chi connectivity index (χ2v) is 9.76. The summed E-state index contributed by atoms with van der Waals surface area (Å²) in [4.78, 5) is 0. The van der Waals surface area contributed by atoms with E-state index in [1.807, 2.05) is 71.9 Å². The van der Waals surface area contributed by atoms with Gasteiger partial charge in [-0.05, 0) is 33.9 Å². The van der Waals surface area contributed by atoms with Gasteiger partial charge in [0, 0.05) is 0 Å². The van der Waals surface area contributed by atoms with Crippen LogP contribution in [0, 0.1) is 5.41 Å². The summed E-state index contributed by atoms with van der Waals surface area (Å²) in [5.41, 5.74) is 1.52. The van der Waals surface area contributed by atoms with Gasteiger partial charge in [0.1, 0.15) is 10.1 Å². The molecule has 1 atom stereocenters. The Morgan fingerprint density at radius 1 is 1.09 bits per heavy atom. The van der Waals surface area contributed by atoms with Gasteiger partial charge in [-0.2, -0.15) is 0 Å². The van der Waals surface area contributed by atoms with E-state index in [0.29, 0.717) is 5.56 Å². The molecule has 23 heavy (non-hydrogen) atoms. The van der Waals surface area contributed by atoms with Gasteiger partial charge < -0.3 is 4.55 Å². The van der Waals surface area contributed by atoms with Gasteiger partial charge in [0.05, 0.1) is 4.75 Å². The third-order valence-corrected chi connectivity index (χ3v) is 6.49. The van der Waals surface area contributed by atoms with Crippen molar-refractivity contribution >= 4 is 16.2 Å². The molecule has 0 amide bonds. The van der Waals surface area contributed by atoms with Crippen molar-refractivity contribution in [3.05, 3.63) is 41.0 Å². The van der Waals surface area contributed by atoms with Gasteiger partial charge in [0.2, 0.25) is 0 Å². The van der Waals surface area contributed by atoms with Crippen molar-refractivity contribution in [2.75, 3.05) is 0 Å². The Labute approximate surface area is 162 Å². The summed E-state index contributed by atoms with van der Waals surface area (Å²) in [5.74, 6) is 0. The van der Waals surface area contributed by atoms with Crippen LogP contribution in [0.15, 0.2) is 24.3 Å². The Morgan fingerprint density at radius 2 is 1.65 bits per heavy atom. The SMILES string of the molecule is CC(C)(C)c1cccc2c1C(C(C)(C)C)(S(=O)(=O)[O-])CC=C2.[Na+]. The van der Waals surface area contributed by atoms with Crippen LogP contribution < -0.4 is 29.6 Å². The third kappa shape index (κ3) is 3.34. The Hall–Kier alpha value is -0.130. The Morgan fingerprint density at radius 3 is 2.09 bits per heavy atom. The van der Waals surface area contributed by atoms with Gasteiger partial charge in [-0.3, -0.25) is 0 Å². The van der Waals surface area contributed by atoms with Crippen LogP contribution in [0.1, 0.15) is 64.7 Å². The van der Waals surface area contributed by atoms with Crippen molar-refractivity contribution in [3.63, 3.8) is 0 Å². The first-order valence-corrected chi connectivity index (χ1v) is 8.99. The Balaban J connectivity index is 0.00000264. The molecule has 0 saturated carbocycles. The van der Waals surface area contributed by atoms with Crippen LogP contribution in [0.3, 0.4) is 0 Å². The molecule has 1 aliphatic carbocycles. The van der Waals surface area contributed by atoms with Crippen LogP contribution in [0.5, 0.6) is 0 Å². The van der Waals surface area contributed by atoms with Gasteiger partial charge in [-0.25, -0.2) is 8.42 Å². The van der Waals surface area contributed by atoms with E-state index in [0.717, 1.165) is 11.1 Å². The van der Waals surface area contributed by atoms with Crippen molar-refractivity contribution in [3.8, 4) is 0 Å². The van der Waals surface area contributed by atoms with Gasteiger partial charge >= 0.3 is 29.6 Å². The summed E-state index contributed by atoms with van der Waals surface area (Å²) in [7, 11) is -4.54. The molecule has 1 aliphatic rings. The quantitative estimate of drug-likeness (QED) is 0.568. The van der Waals surface area contributed by atoms with Crippen LogP contribution in [0.2, 0.25) is 0 Å². The van der Waals surface area contributed by atoms with Crippen LogP contribution in [0.4, 0.5) is 0 Å². The average molecular weight is 344 g/mol. The predicted molar refractivity (Wildman–Crippen MR) is 89.6 cm³/mol. The standard InChI is InChI=1S/C18H26O3S.Na/c1-16(2,3)14-11-7-9-13-10-8-12-18(15(13)14,17(4,5)6)22(19,20)21;/h7-11H,12H2,1-6H3,(H,19,20,21);/q;+1/p-1. The average Bonchev–Trinajstić information content (AvgIpc) is 2.33. The summed E-state index contributed by atoms with van der Waals surface area (Å²) in [5, 5.41) is 0. The molecule has 0 aromatic heterocycles. The van der Waals surface area contributed by atoms with Crippen LogP contribution >= 0.6 is 0 Å². The summed E-state index contributed by atoms with van der Waals surface area (Å²) >= 11 is 0. The fraction of sp³-hybridized carbons (Fsp3) is 0.556. The maximum absolute atomic E-state index is 12.4. The molecular formula is C18H25NaO3S. The predicted octanol–water partition coefficient (Wildman–Crippen LogP) is 1.19. The first kappa shape index (κ1) is 20.9. The largest absolute Gasteiger partial charge is 1.00 e. The number of benzene rings is 1. The molecule has 1 aromatic carbocycles. The van der Waals surface area contributed by atoms with Gasteiger partial charge in [0.15, 0.2) is 0 Å². The fourth-order valence-electron chi connectivity index (χ4n) is 3.52. The molecular weight excluding hydrogens is 319 g/mol. The van der Waals surface area contributed by atoms with E-state index < -0.39 is 20.3 Å². The molecule has 0 N–H and O–H groups in total. The van der Waals surface area contributed by atoms with E-state index in [9.17, 15) is 13.0 Å². The van der Waals surface area contributed by atoms with Gasteiger partial charge in [0.25, 0.3) is 0 Å². The minimum Gasteiger partial charge on any atom is -0.747 e. The summed E-state index contributed by atoms with van der Waals surface area (Å²) in [6.45, 7) is 11.7. The summed E-state index contributed by atoms with van der Waals surface area (Å²) in [6.07, 6.45) is 3.97. The van der Waals surface area contributed by atoms with E-state index in [4.69, 9.17) is 0 Å². The zero-order valence-electron chi connectivity index (χ0n) is 15.2. The van der Waals surface area contributed by atoms with Crippen molar-refractivity contribution < 1.29 is 42.5 Å². The summed E-state index contributed by atoms with van der Waals surface area (Å²) < 4.78 is 35.8. The van der Waals surface area contributed by atoms with Crippen LogP contribution in [-0.2, 0) is 20.3 Å². The van der Waals surface area contributed by atoms with Gasteiger partial charge in [-0.1, -0.05) is 71.9 Å². The van der Waals surface area contributed by atoms with Crippen molar-refractivity contribution in [2.45, 2.75) is 58.1 Å². The van der Waals surface area contributed by atoms with Crippen molar-refractivity contribution in [1.29, 1.82) is 0 Å². The maximum atomic E-state index is 12.4. The molecule has 5 heteroatoms. The van der Waals surface area contributed by atoms with Crippen molar-refractivity contribution in [2.24, 2.45) is 5.41 Å². The molecule has 0 fully saturated rings. The molecule has 3 nitrogen and oxygen atoms in total. The number of hydrogen-bond donors (Lipinski definition) is 0. The normalized spacial score (nSPS) is 21.5. The number of rotatable bonds is 1. The molecule has 0 heterocycles. The second kappa shape index (κ2) is 6.30. The fourth-order valence-corrected chi connectivity index (χ4v) is 5.05. The first-order valence-electron chi connectivity index (χ1n) is 7.58. The minimum absolute atomic E-state index is 0. The molecule has 0 radical (unpaired) electrons. The Bertz CT molecular complexity index is 722. The number of allylic oxidation sites excluding steroid dienone is 1. The molecule has 1 unspecified atom stereocenters. The van der Waals surface area contributed by atoms with E-state index >= 15 is 0 Å². The van der Waals surface area contributed by atoms with Gasteiger partial charge in [-0.15, -0.1) is 0 Å². The minimum atomic E-state index is -4.54. The molecule has 0 aliphatic heterocycles. The topological polar surface area (TPSA) is 57.2 Å². The number of hydrogen-bond acceptors (Lipinski definition) is 3.